The molecule has 0 N–H and O–H groups in total. The smallest absolute Gasteiger partial charge is 0.220 e. The maximum absolute atomic E-state index is 10.9. The van der Waals surface area contributed by atoms with Crippen molar-refractivity contribution in [2.75, 3.05) is 13.1 Å². The molecule has 0 aliphatic heterocycles. The van der Waals surface area contributed by atoms with E-state index in [1.54, 1.807) is 17.9 Å². The van der Waals surface area contributed by atoms with Crippen LogP contribution in [0.25, 0.3) is 0 Å². The quantitative estimate of drug-likeness (QED) is 0.562. The van der Waals surface area contributed by atoms with Gasteiger partial charge in [-0.1, -0.05) is 18.2 Å². The Hall–Kier alpha value is -1.05. The maximum Gasteiger partial charge on any atom is 0.220 e. The number of allylic oxidation sites excluding steroid dienone is 1. The van der Waals surface area contributed by atoms with Crippen molar-refractivity contribution in [3.05, 3.63) is 24.8 Å². The normalized spacial score (nSPS) is 10.0. The van der Waals surface area contributed by atoms with Gasteiger partial charge in [0.1, 0.15) is 0 Å². The summed E-state index contributed by atoms with van der Waals surface area (Å²) >= 11 is 0. The van der Waals surface area contributed by atoms with Gasteiger partial charge in [-0.3, -0.25) is 4.79 Å². The van der Waals surface area contributed by atoms with Crippen molar-refractivity contribution in [2.45, 2.75) is 13.8 Å². The number of amides is 1. The zero-order valence-electron chi connectivity index (χ0n) is 7.21. The molecule has 0 aromatic carbocycles. The molecule has 62 valence electrons. The van der Waals surface area contributed by atoms with Gasteiger partial charge in [-0.05, 0) is 6.92 Å². The zero-order chi connectivity index (χ0) is 8.69. The van der Waals surface area contributed by atoms with Gasteiger partial charge in [0, 0.05) is 20.0 Å². The van der Waals surface area contributed by atoms with E-state index in [4.69, 9.17) is 0 Å². The third kappa shape index (κ3) is 4.37. The van der Waals surface area contributed by atoms with Crippen LogP contribution in [0.1, 0.15) is 13.8 Å². The SMILES string of the molecule is C=CCN(C/C=C/C)C(C)=O. The molecule has 0 aliphatic carbocycles. The van der Waals surface area contributed by atoms with Crippen LogP contribution in [0.3, 0.4) is 0 Å². The second-order valence-electron chi connectivity index (χ2n) is 2.28. The monoisotopic (exact) mass is 153 g/mol. The molecule has 0 spiro atoms. The Bertz CT molecular complexity index is 161. The Labute approximate surface area is 68.2 Å². The molecule has 0 saturated heterocycles. The van der Waals surface area contributed by atoms with Crippen LogP contribution in [0.2, 0.25) is 0 Å². The summed E-state index contributed by atoms with van der Waals surface area (Å²) in [5.74, 6) is 0.0861. The second kappa shape index (κ2) is 5.71. The van der Waals surface area contributed by atoms with E-state index in [0.717, 1.165) is 0 Å². The van der Waals surface area contributed by atoms with Gasteiger partial charge in [0.25, 0.3) is 0 Å². The average Bonchev–Trinajstić information content (AvgIpc) is 1.97. The fourth-order valence-corrected chi connectivity index (χ4v) is 0.720. The molecule has 2 nitrogen and oxygen atoms in total. The summed E-state index contributed by atoms with van der Waals surface area (Å²) in [6.07, 6.45) is 5.61. The van der Waals surface area contributed by atoms with Gasteiger partial charge < -0.3 is 4.90 Å². The van der Waals surface area contributed by atoms with E-state index in [1.807, 2.05) is 19.1 Å². The van der Waals surface area contributed by atoms with Gasteiger partial charge >= 0.3 is 0 Å². The molecule has 0 aromatic rings. The minimum atomic E-state index is 0.0861. The number of carbonyl (C=O) groups is 1. The van der Waals surface area contributed by atoms with Gasteiger partial charge in [0.15, 0.2) is 0 Å². The summed E-state index contributed by atoms with van der Waals surface area (Å²) in [6.45, 7) is 8.38. The van der Waals surface area contributed by atoms with Gasteiger partial charge in [-0.2, -0.15) is 0 Å². The van der Waals surface area contributed by atoms with Crippen LogP contribution in [-0.4, -0.2) is 23.9 Å². The third-order valence-corrected chi connectivity index (χ3v) is 1.36. The molecule has 0 heterocycles. The molecule has 0 fully saturated rings. The fourth-order valence-electron chi connectivity index (χ4n) is 0.720. The molecular formula is C9H15NO. The first-order valence-electron chi connectivity index (χ1n) is 3.70. The van der Waals surface area contributed by atoms with Crippen molar-refractivity contribution in [3.63, 3.8) is 0 Å². The van der Waals surface area contributed by atoms with Crippen molar-refractivity contribution in [1.82, 2.24) is 4.90 Å². The fraction of sp³-hybridized carbons (Fsp3) is 0.444. The first-order valence-corrected chi connectivity index (χ1v) is 3.70. The van der Waals surface area contributed by atoms with Gasteiger partial charge in [0.2, 0.25) is 5.91 Å². The van der Waals surface area contributed by atoms with Crippen molar-refractivity contribution >= 4 is 5.91 Å². The molecule has 0 atom stereocenters. The number of hydrogen-bond donors (Lipinski definition) is 0. The van der Waals surface area contributed by atoms with Gasteiger partial charge in [-0.15, -0.1) is 6.58 Å². The van der Waals surface area contributed by atoms with E-state index in [9.17, 15) is 4.79 Å². The lowest BCUT2D eigenvalue weighted by atomic mass is 10.4. The van der Waals surface area contributed by atoms with Crippen LogP contribution < -0.4 is 0 Å². The highest BCUT2D eigenvalue weighted by Gasteiger charge is 2.01. The highest BCUT2D eigenvalue weighted by molar-refractivity contribution is 5.73. The van der Waals surface area contributed by atoms with E-state index in [1.165, 1.54) is 0 Å². The Kier molecular flexibility index (Phi) is 5.17. The van der Waals surface area contributed by atoms with Crippen LogP contribution in [-0.2, 0) is 4.79 Å². The summed E-state index contributed by atoms with van der Waals surface area (Å²) in [7, 11) is 0. The molecule has 0 bridgehead atoms. The predicted molar refractivity (Wildman–Crippen MR) is 47.3 cm³/mol. The molecule has 0 rings (SSSR count). The summed E-state index contributed by atoms with van der Waals surface area (Å²) in [5.41, 5.74) is 0. The summed E-state index contributed by atoms with van der Waals surface area (Å²) in [6, 6.07) is 0. The largest absolute Gasteiger partial charge is 0.336 e. The Balaban J connectivity index is 3.88. The first-order chi connectivity index (χ1) is 5.22. The molecule has 1 amide bonds. The second-order valence-corrected chi connectivity index (χ2v) is 2.28. The van der Waals surface area contributed by atoms with Crippen LogP contribution in [0.5, 0.6) is 0 Å². The van der Waals surface area contributed by atoms with Crippen LogP contribution in [0.4, 0.5) is 0 Å². The van der Waals surface area contributed by atoms with Crippen molar-refractivity contribution in [3.8, 4) is 0 Å². The van der Waals surface area contributed by atoms with E-state index < -0.39 is 0 Å². The predicted octanol–water partition coefficient (Wildman–Crippen LogP) is 1.60. The summed E-state index contributed by atoms with van der Waals surface area (Å²) in [4.78, 5) is 12.6. The minimum Gasteiger partial charge on any atom is -0.336 e. The molecule has 0 unspecified atom stereocenters. The molecule has 0 aliphatic rings. The van der Waals surface area contributed by atoms with Crippen LogP contribution in [0.15, 0.2) is 24.8 Å². The van der Waals surface area contributed by atoms with Gasteiger partial charge in [0.05, 0.1) is 0 Å². The van der Waals surface area contributed by atoms with Crippen LogP contribution in [0, 0.1) is 0 Å². The lowest BCUT2D eigenvalue weighted by Gasteiger charge is -2.16. The van der Waals surface area contributed by atoms with Crippen molar-refractivity contribution in [2.24, 2.45) is 0 Å². The topological polar surface area (TPSA) is 20.3 Å². The Morgan fingerprint density at radius 3 is 2.55 bits per heavy atom. The van der Waals surface area contributed by atoms with Gasteiger partial charge in [-0.25, -0.2) is 0 Å². The molecule has 11 heavy (non-hydrogen) atoms. The molecular weight excluding hydrogens is 138 g/mol. The standard InChI is InChI=1S/C9H15NO/c1-4-6-8-10(7-5-2)9(3)11/h4-6H,2,7-8H2,1,3H3/b6-4+. The van der Waals surface area contributed by atoms with E-state index in [-0.39, 0.29) is 5.91 Å². The molecule has 0 aromatic heterocycles. The minimum absolute atomic E-state index is 0.0861. The lowest BCUT2D eigenvalue weighted by Crippen LogP contribution is -2.28. The van der Waals surface area contributed by atoms with E-state index >= 15 is 0 Å². The third-order valence-electron chi connectivity index (χ3n) is 1.36. The van der Waals surface area contributed by atoms with Crippen molar-refractivity contribution in [1.29, 1.82) is 0 Å². The Morgan fingerprint density at radius 2 is 2.18 bits per heavy atom. The maximum atomic E-state index is 10.9. The molecule has 0 saturated carbocycles. The highest BCUT2D eigenvalue weighted by atomic mass is 16.2. The number of nitrogens with zero attached hydrogens (tertiary/aromatic N) is 1. The molecule has 2 heteroatoms. The summed E-state index contributed by atoms with van der Waals surface area (Å²) in [5, 5.41) is 0. The van der Waals surface area contributed by atoms with E-state index in [2.05, 4.69) is 6.58 Å². The number of rotatable bonds is 4. The van der Waals surface area contributed by atoms with E-state index in [0.29, 0.717) is 13.1 Å². The average molecular weight is 153 g/mol. The number of carbonyl (C=O) groups excluding carboxylic acids is 1. The highest BCUT2D eigenvalue weighted by Crippen LogP contribution is 1.90. The van der Waals surface area contributed by atoms with Crippen molar-refractivity contribution < 1.29 is 4.79 Å². The number of hydrogen-bond acceptors (Lipinski definition) is 1. The zero-order valence-corrected chi connectivity index (χ0v) is 7.21. The first kappa shape index (κ1) is 9.95. The Morgan fingerprint density at radius 1 is 1.55 bits per heavy atom. The summed E-state index contributed by atoms with van der Waals surface area (Å²) < 4.78 is 0. The lowest BCUT2D eigenvalue weighted by molar-refractivity contribution is -0.127. The van der Waals surface area contributed by atoms with Crippen LogP contribution >= 0.6 is 0 Å². The molecule has 0 radical (unpaired) electrons.